The summed E-state index contributed by atoms with van der Waals surface area (Å²) in [7, 11) is 0. The number of nitrogens with one attached hydrogen (secondary N) is 2. The van der Waals surface area contributed by atoms with Gasteiger partial charge in [-0.3, -0.25) is 10.1 Å². The standard InChI is InChI=1S/C27H25BrN2O5/c1-15(2)24(26(32)33)30-25(31)21-13-16(11-12-23(21)28)29-27(34)35-14-22-19-9-5-3-7-17(19)18-8-4-6-10-20(18)22/h3-13,15,22,24H,14H2,1-2H3,(H,29,34)(H,30,31)(H,32,33)/t24-/m0/s1. The Labute approximate surface area is 211 Å². The number of fused-ring (bicyclic) bond motifs is 3. The van der Waals surface area contributed by atoms with Crippen LogP contribution in [0.1, 0.15) is 41.3 Å². The van der Waals surface area contributed by atoms with Gasteiger partial charge in [0.25, 0.3) is 5.91 Å². The third-order valence-corrected chi connectivity index (χ3v) is 6.71. The lowest BCUT2D eigenvalue weighted by atomic mass is 9.98. The van der Waals surface area contributed by atoms with Gasteiger partial charge in [-0.1, -0.05) is 62.4 Å². The Morgan fingerprint density at radius 1 is 0.971 bits per heavy atom. The molecular weight excluding hydrogens is 512 g/mol. The molecule has 0 saturated heterocycles. The van der Waals surface area contributed by atoms with E-state index < -0.39 is 24.0 Å². The van der Waals surface area contributed by atoms with Crippen LogP contribution in [0.5, 0.6) is 0 Å². The summed E-state index contributed by atoms with van der Waals surface area (Å²) in [5, 5.41) is 14.5. The first-order valence-electron chi connectivity index (χ1n) is 11.2. The quantitative estimate of drug-likeness (QED) is 0.362. The lowest BCUT2D eigenvalue weighted by Crippen LogP contribution is -2.44. The smallest absolute Gasteiger partial charge is 0.411 e. The fourth-order valence-electron chi connectivity index (χ4n) is 4.26. The van der Waals surface area contributed by atoms with Crippen LogP contribution in [0.4, 0.5) is 10.5 Å². The molecule has 4 rings (SSSR count). The maximum Gasteiger partial charge on any atom is 0.411 e. The number of rotatable bonds is 7. The van der Waals surface area contributed by atoms with E-state index in [1.165, 1.54) is 6.07 Å². The maximum atomic E-state index is 12.7. The molecule has 0 aliphatic heterocycles. The van der Waals surface area contributed by atoms with Gasteiger partial charge in [-0.15, -0.1) is 0 Å². The molecule has 35 heavy (non-hydrogen) atoms. The molecule has 1 aliphatic carbocycles. The second-order valence-electron chi connectivity index (χ2n) is 8.68. The van der Waals surface area contributed by atoms with Crippen LogP contribution in [0.25, 0.3) is 11.1 Å². The Morgan fingerprint density at radius 2 is 1.57 bits per heavy atom. The molecule has 8 heteroatoms. The zero-order valence-electron chi connectivity index (χ0n) is 19.2. The van der Waals surface area contributed by atoms with Gasteiger partial charge in [-0.05, 0) is 62.3 Å². The van der Waals surface area contributed by atoms with Crippen molar-refractivity contribution >= 4 is 39.6 Å². The summed E-state index contributed by atoms with van der Waals surface area (Å²) in [6.07, 6.45) is -0.647. The van der Waals surface area contributed by atoms with Crippen molar-refractivity contribution in [3.63, 3.8) is 0 Å². The molecule has 0 spiro atoms. The van der Waals surface area contributed by atoms with Crippen LogP contribution in [0.15, 0.2) is 71.2 Å². The first kappa shape index (κ1) is 24.5. The predicted octanol–water partition coefficient (Wildman–Crippen LogP) is 5.65. The summed E-state index contributed by atoms with van der Waals surface area (Å²) in [6.45, 7) is 3.59. The van der Waals surface area contributed by atoms with E-state index in [1.807, 2.05) is 36.4 Å². The molecule has 3 N–H and O–H groups in total. The van der Waals surface area contributed by atoms with E-state index in [2.05, 4.69) is 38.7 Å². The number of carbonyl (C=O) groups is 3. The number of ether oxygens (including phenoxy) is 1. The molecule has 0 unspecified atom stereocenters. The van der Waals surface area contributed by atoms with Crippen molar-refractivity contribution in [2.45, 2.75) is 25.8 Å². The summed E-state index contributed by atoms with van der Waals surface area (Å²) in [5.41, 5.74) is 5.06. The molecule has 2 amide bonds. The number of halogens is 1. The molecule has 3 aromatic carbocycles. The van der Waals surface area contributed by atoms with Gasteiger partial charge in [0.15, 0.2) is 0 Å². The van der Waals surface area contributed by atoms with Gasteiger partial charge in [0.05, 0.1) is 5.56 Å². The molecule has 0 heterocycles. The molecule has 1 aliphatic rings. The Hall–Kier alpha value is -3.65. The van der Waals surface area contributed by atoms with Crippen LogP contribution < -0.4 is 10.6 Å². The van der Waals surface area contributed by atoms with Crippen LogP contribution in [0, 0.1) is 5.92 Å². The number of carboxylic acid groups (broad SMARTS) is 1. The largest absolute Gasteiger partial charge is 0.480 e. The third kappa shape index (κ3) is 5.22. The number of carboxylic acids is 1. The van der Waals surface area contributed by atoms with Crippen molar-refractivity contribution in [3.8, 4) is 11.1 Å². The maximum absolute atomic E-state index is 12.7. The van der Waals surface area contributed by atoms with Crippen LogP contribution in [0.3, 0.4) is 0 Å². The monoisotopic (exact) mass is 536 g/mol. The van der Waals surface area contributed by atoms with Gasteiger partial charge >= 0.3 is 12.1 Å². The normalized spacial score (nSPS) is 13.0. The highest BCUT2D eigenvalue weighted by Gasteiger charge is 2.29. The number of hydrogen-bond donors (Lipinski definition) is 3. The Kier molecular flexibility index (Phi) is 7.21. The molecule has 0 fully saturated rings. The van der Waals surface area contributed by atoms with E-state index in [1.54, 1.807) is 26.0 Å². The highest BCUT2D eigenvalue weighted by atomic mass is 79.9. The lowest BCUT2D eigenvalue weighted by Gasteiger charge is -2.19. The molecule has 3 aromatic rings. The topological polar surface area (TPSA) is 105 Å². The number of benzene rings is 3. The van der Waals surface area contributed by atoms with Gasteiger partial charge in [0, 0.05) is 16.1 Å². The van der Waals surface area contributed by atoms with Crippen LogP contribution in [0.2, 0.25) is 0 Å². The van der Waals surface area contributed by atoms with Gasteiger partial charge in [0.2, 0.25) is 0 Å². The van der Waals surface area contributed by atoms with Crippen LogP contribution in [-0.2, 0) is 9.53 Å². The van der Waals surface area contributed by atoms with Gasteiger partial charge < -0.3 is 15.2 Å². The van der Waals surface area contributed by atoms with Crippen molar-refractivity contribution in [1.82, 2.24) is 5.32 Å². The Bertz CT molecular complexity index is 1240. The van der Waals surface area contributed by atoms with E-state index in [0.717, 1.165) is 22.3 Å². The molecule has 0 bridgehead atoms. The van der Waals surface area contributed by atoms with Crippen molar-refractivity contribution < 1.29 is 24.2 Å². The number of hydrogen-bond acceptors (Lipinski definition) is 4. The fraction of sp³-hybridized carbons (Fsp3) is 0.222. The zero-order chi connectivity index (χ0) is 25.1. The first-order chi connectivity index (χ1) is 16.8. The highest BCUT2D eigenvalue weighted by molar-refractivity contribution is 9.10. The molecule has 7 nitrogen and oxygen atoms in total. The molecular formula is C27H25BrN2O5. The van der Waals surface area contributed by atoms with Crippen LogP contribution in [-0.4, -0.2) is 35.7 Å². The van der Waals surface area contributed by atoms with Gasteiger partial charge in [-0.25, -0.2) is 9.59 Å². The van der Waals surface area contributed by atoms with E-state index >= 15 is 0 Å². The van der Waals surface area contributed by atoms with Gasteiger partial charge in [-0.2, -0.15) is 0 Å². The Morgan fingerprint density at radius 3 is 2.14 bits per heavy atom. The summed E-state index contributed by atoms with van der Waals surface area (Å²) in [6, 6.07) is 19.8. The van der Waals surface area contributed by atoms with E-state index in [-0.39, 0.29) is 24.0 Å². The minimum Gasteiger partial charge on any atom is -0.480 e. The van der Waals surface area contributed by atoms with E-state index in [0.29, 0.717) is 10.2 Å². The average Bonchev–Trinajstić information content (AvgIpc) is 3.15. The summed E-state index contributed by atoms with van der Waals surface area (Å²) in [5.74, 6) is -2.03. The van der Waals surface area contributed by atoms with Crippen molar-refractivity contribution in [2.75, 3.05) is 11.9 Å². The number of amides is 2. The minimum absolute atomic E-state index is 0.0663. The Balaban J connectivity index is 1.44. The van der Waals surface area contributed by atoms with Crippen molar-refractivity contribution in [1.29, 1.82) is 0 Å². The molecule has 0 saturated carbocycles. The first-order valence-corrected chi connectivity index (χ1v) is 12.0. The van der Waals surface area contributed by atoms with Crippen molar-refractivity contribution in [3.05, 3.63) is 87.9 Å². The SMILES string of the molecule is CC(C)[C@H](NC(=O)c1cc(NC(=O)OCC2c3ccccc3-c3ccccc32)ccc1Br)C(=O)O. The summed E-state index contributed by atoms with van der Waals surface area (Å²) >= 11 is 3.32. The molecule has 0 radical (unpaired) electrons. The van der Waals surface area contributed by atoms with Gasteiger partial charge in [0.1, 0.15) is 12.6 Å². The number of carbonyl (C=O) groups excluding carboxylic acids is 2. The summed E-state index contributed by atoms with van der Waals surface area (Å²) in [4.78, 5) is 36.7. The number of aliphatic carboxylic acids is 1. The number of anilines is 1. The lowest BCUT2D eigenvalue weighted by molar-refractivity contribution is -0.140. The molecule has 0 aromatic heterocycles. The fourth-order valence-corrected chi connectivity index (χ4v) is 4.69. The molecule has 1 atom stereocenters. The van der Waals surface area contributed by atoms with Crippen LogP contribution >= 0.6 is 15.9 Å². The summed E-state index contributed by atoms with van der Waals surface area (Å²) < 4.78 is 6.03. The minimum atomic E-state index is -1.11. The second-order valence-corrected chi connectivity index (χ2v) is 9.53. The van der Waals surface area contributed by atoms with Crippen molar-refractivity contribution in [2.24, 2.45) is 5.92 Å². The zero-order valence-corrected chi connectivity index (χ0v) is 20.8. The predicted molar refractivity (Wildman–Crippen MR) is 137 cm³/mol. The molecule has 180 valence electrons. The van der Waals surface area contributed by atoms with E-state index in [4.69, 9.17) is 4.74 Å². The average molecular weight is 537 g/mol. The van der Waals surface area contributed by atoms with E-state index in [9.17, 15) is 19.5 Å². The second kappa shape index (κ2) is 10.3. The third-order valence-electron chi connectivity index (χ3n) is 6.02. The highest BCUT2D eigenvalue weighted by Crippen LogP contribution is 2.44.